The summed E-state index contributed by atoms with van der Waals surface area (Å²) in [5.74, 6) is -54.4. The van der Waals surface area contributed by atoms with E-state index in [9.17, 15) is 87.8 Å². The van der Waals surface area contributed by atoms with Gasteiger partial charge in [0.2, 0.25) is 0 Å². The quantitative estimate of drug-likeness (QED) is 0.239. The molecule has 34 heavy (non-hydrogen) atoms. The van der Waals surface area contributed by atoms with Crippen molar-refractivity contribution in [2.75, 3.05) is 0 Å². The van der Waals surface area contributed by atoms with E-state index in [0.717, 1.165) is 0 Å². The first kappa shape index (κ1) is 31.9. The summed E-state index contributed by atoms with van der Waals surface area (Å²) in [5.41, 5.74) is 0. The lowest BCUT2D eigenvalue weighted by atomic mass is 9.91. The molecular formula is C11H4F17NO4S. The van der Waals surface area contributed by atoms with Crippen LogP contribution in [-0.4, -0.2) is 61.4 Å². The van der Waals surface area contributed by atoms with Gasteiger partial charge in [-0.05, 0) is 4.89 Å². The minimum atomic E-state index is -8.95. The van der Waals surface area contributed by atoms with Gasteiger partial charge in [-0.3, -0.25) is 0 Å². The molecular weight excluding hydrogens is 565 g/mol. The summed E-state index contributed by atoms with van der Waals surface area (Å²) in [7, 11) is -7.70. The number of carbonyl (C=O) groups excluding carboxylic acids is 1. The van der Waals surface area contributed by atoms with E-state index < -0.39 is 63.0 Å². The summed E-state index contributed by atoms with van der Waals surface area (Å²) in [5, 5.41) is -7.83. The first-order valence-corrected chi connectivity index (χ1v) is 8.50. The fourth-order valence-corrected chi connectivity index (χ4v) is 2.27. The van der Waals surface area contributed by atoms with Crippen molar-refractivity contribution in [2.24, 2.45) is 0 Å². The molecule has 0 aromatic carbocycles. The van der Waals surface area contributed by atoms with Gasteiger partial charge in [0.05, 0.1) is 0 Å². The molecule has 202 valence electrons. The van der Waals surface area contributed by atoms with E-state index in [1.54, 1.807) is 0 Å². The summed E-state index contributed by atoms with van der Waals surface area (Å²) >= 11 is 0. The van der Waals surface area contributed by atoms with Gasteiger partial charge in [0.15, 0.2) is 0 Å². The first-order chi connectivity index (χ1) is 14.5. The van der Waals surface area contributed by atoms with Crippen molar-refractivity contribution in [2.45, 2.75) is 47.0 Å². The van der Waals surface area contributed by atoms with E-state index in [2.05, 4.69) is 11.4 Å². The van der Waals surface area contributed by atoms with Gasteiger partial charge < -0.3 is 4.84 Å². The molecule has 0 aliphatic heterocycles. The van der Waals surface area contributed by atoms with Gasteiger partial charge in [0, 0.05) is 6.08 Å². The fraction of sp³-hybridized carbons (Fsp3) is 0.727. The van der Waals surface area contributed by atoms with Gasteiger partial charge >= 0.3 is 63.0 Å². The minimum Gasteiger partial charge on any atom is -0.352 e. The number of rotatable bonds is 10. The third-order valence-corrected chi connectivity index (χ3v) is 4.68. The van der Waals surface area contributed by atoms with E-state index in [0.29, 0.717) is 0 Å². The van der Waals surface area contributed by atoms with Crippen molar-refractivity contribution in [1.29, 1.82) is 0 Å². The molecule has 0 saturated heterocycles. The molecule has 0 saturated carbocycles. The van der Waals surface area contributed by atoms with Crippen LogP contribution in [0.5, 0.6) is 0 Å². The Balaban J connectivity index is 6.83. The third-order valence-electron chi connectivity index (χ3n) is 3.45. The summed E-state index contributed by atoms with van der Waals surface area (Å²) in [6.45, 7) is 2.47. The highest BCUT2D eigenvalue weighted by Crippen LogP contribution is 2.64. The monoisotopic (exact) mass is 569 g/mol. The summed E-state index contributed by atoms with van der Waals surface area (Å²) in [6.07, 6.45) is -8.04. The lowest BCUT2D eigenvalue weighted by molar-refractivity contribution is -0.458. The van der Waals surface area contributed by atoms with Gasteiger partial charge in [0.1, 0.15) is 0 Å². The molecule has 0 spiro atoms. The standard InChI is InChI=1S/C11H4F17NO4S/c1-2-3(30)33-29-34(31,32)11(27,28)9(22,23)7(18,19)5(14,15)4(12,13)6(16,17)8(20,21)10(24,25)26/h2,29H,1H2. The highest BCUT2D eigenvalue weighted by Gasteiger charge is 2.96. The lowest BCUT2D eigenvalue weighted by Gasteiger charge is -2.42. The molecule has 0 aromatic rings. The van der Waals surface area contributed by atoms with Crippen molar-refractivity contribution in [1.82, 2.24) is 4.89 Å². The van der Waals surface area contributed by atoms with Crippen LogP contribution in [0.2, 0.25) is 0 Å². The zero-order valence-corrected chi connectivity index (χ0v) is 15.6. The molecule has 0 atom stereocenters. The van der Waals surface area contributed by atoms with Gasteiger partial charge in [-0.1, -0.05) is 6.58 Å². The second kappa shape index (κ2) is 8.26. The van der Waals surface area contributed by atoms with Gasteiger partial charge in [-0.2, -0.15) is 74.6 Å². The normalized spacial score (nSPS) is 15.8. The highest BCUT2D eigenvalue weighted by atomic mass is 32.2. The van der Waals surface area contributed by atoms with Crippen LogP contribution in [0.15, 0.2) is 12.7 Å². The molecule has 0 aromatic heterocycles. The Labute approximate surface area is 174 Å². The Bertz CT molecular complexity index is 907. The maximum Gasteiger partial charge on any atom is 0.460 e. The van der Waals surface area contributed by atoms with Crippen molar-refractivity contribution >= 4 is 16.0 Å². The fourth-order valence-electron chi connectivity index (χ4n) is 1.51. The van der Waals surface area contributed by atoms with Crippen LogP contribution in [-0.2, 0) is 19.7 Å². The maximum atomic E-state index is 13.5. The van der Waals surface area contributed by atoms with Gasteiger partial charge in [-0.25, -0.2) is 13.2 Å². The summed E-state index contributed by atoms with van der Waals surface area (Å²) < 4.78 is 243. The molecule has 0 bridgehead atoms. The average molecular weight is 569 g/mol. The first-order valence-electron chi connectivity index (χ1n) is 7.01. The third kappa shape index (κ3) is 4.12. The minimum absolute atomic E-state index is 0.120. The van der Waals surface area contributed by atoms with Crippen LogP contribution >= 0.6 is 0 Å². The van der Waals surface area contributed by atoms with E-state index in [4.69, 9.17) is 0 Å². The molecule has 5 nitrogen and oxygen atoms in total. The van der Waals surface area contributed by atoms with Gasteiger partial charge in [-0.15, -0.1) is 0 Å². The second-order valence-electron chi connectivity index (χ2n) is 5.67. The van der Waals surface area contributed by atoms with Crippen LogP contribution in [0.3, 0.4) is 0 Å². The van der Waals surface area contributed by atoms with Crippen molar-refractivity contribution < 1.29 is 92.7 Å². The molecule has 0 amide bonds. The molecule has 0 heterocycles. The predicted octanol–water partition coefficient (Wildman–Crippen LogP) is 4.52. The number of hydrogen-bond donors (Lipinski definition) is 1. The van der Waals surface area contributed by atoms with Crippen LogP contribution in [0.25, 0.3) is 0 Å². The lowest BCUT2D eigenvalue weighted by Crippen LogP contribution is -2.75. The Morgan fingerprint density at radius 3 is 1.21 bits per heavy atom. The Morgan fingerprint density at radius 2 is 0.912 bits per heavy atom. The Hall–Kier alpha value is -2.07. The highest BCUT2D eigenvalue weighted by molar-refractivity contribution is 7.90. The number of halogens is 17. The van der Waals surface area contributed by atoms with Crippen LogP contribution in [0.1, 0.15) is 0 Å². The van der Waals surface area contributed by atoms with Crippen molar-refractivity contribution in [3.8, 4) is 0 Å². The second-order valence-corrected chi connectivity index (χ2v) is 7.36. The Kier molecular flexibility index (Phi) is 7.75. The predicted molar refractivity (Wildman–Crippen MR) is 69.0 cm³/mol. The zero-order chi connectivity index (χ0) is 28.2. The molecule has 1 N–H and O–H groups in total. The van der Waals surface area contributed by atoms with E-state index >= 15 is 0 Å². The maximum absolute atomic E-state index is 13.5. The molecule has 0 unspecified atom stereocenters. The number of sulfonamides is 1. The smallest absolute Gasteiger partial charge is 0.352 e. The molecule has 0 rings (SSSR count). The Morgan fingerprint density at radius 1 is 0.618 bits per heavy atom. The van der Waals surface area contributed by atoms with E-state index in [1.165, 1.54) is 0 Å². The zero-order valence-electron chi connectivity index (χ0n) is 14.8. The number of alkyl halides is 17. The van der Waals surface area contributed by atoms with Crippen LogP contribution in [0.4, 0.5) is 74.6 Å². The molecule has 23 heteroatoms. The van der Waals surface area contributed by atoms with Crippen LogP contribution in [0, 0.1) is 0 Å². The van der Waals surface area contributed by atoms with E-state index in [-0.39, 0.29) is 11.0 Å². The van der Waals surface area contributed by atoms with Gasteiger partial charge in [0.25, 0.3) is 0 Å². The number of carbonyl (C=O) groups is 1. The molecule has 0 radical (unpaired) electrons. The summed E-state index contributed by atoms with van der Waals surface area (Å²) in [6, 6.07) is 0. The SMILES string of the molecule is C=CC(=O)ONS(=O)(=O)C(F)(F)C(F)(F)C(F)(F)C(F)(F)C(F)(F)C(F)(F)C(F)(F)C(F)(F)F. The van der Waals surface area contributed by atoms with Crippen LogP contribution < -0.4 is 4.89 Å². The molecule has 0 fully saturated rings. The number of nitrogens with one attached hydrogen (secondary N) is 1. The summed E-state index contributed by atoms with van der Waals surface area (Å²) in [4.78, 5) is 13.1. The van der Waals surface area contributed by atoms with Crippen molar-refractivity contribution in [3.05, 3.63) is 12.7 Å². The number of hydrogen-bond acceptors (Lipinski definition) is 4. The largest absolute Gasteiger partial charge is 0.460 e. The van der Waals surface area contributed by atoms with E-state index in [1.807, 2.05) is 0 Å². The van der Waals surface area contributed by atoms with Crippen molar-refractivity contribution in [3.63, 3.8) is 0 Å². The molecule has 0 aliphatic rings. The topological polar surface area (TPSA) is 72.5 Å². The average Bonchev–Trinajstić information content (AvgIpc) is 2.63. The molecule has 0 aliphatic carbocycles.